The third-order valence-corrected chi connectivity index (χ3v) is 2.84. The number of carbonyl (C=O) groups excluding carboxylic acids is 1. The first kappa shape index (κ1) is 14.3. The van der Waals surface area contributed by atoms with Gasteiger partial charge in [0.1, 0.15) is 6.10 Å². The van der Waals surface area contributed by atoms with Crippen molar-refractivity contribution in [2.75, 3.05) is 13.2 Å². The first-order chi connectivity index (χ1) is 8.01. The van der Waals surface area contributed by atoms with Crippen molar-refractivity contribution in [3.05, 3.63) is 0 Å². The number of ether oxygens (including phenoxy) is 1. The summed E-state index contributed by atoms with van der Waals surface area (Å²) in [6.07, 6.45) is -4.08. The zero-order chi connectivity index (χ0) is 13.0. The van der Waals surface area contributed by atoms with Crippen molar-refractivity contribution in [3.63, 3.8) is 0 Å². The first-order valence-corrected chi connectivity index (χ1v) is 5.58. The maximum absolute atomic E-state index is 11.3. The Morgan fingerprint density at radius 1 is 1.18 bits per heavy atom. The fourth-order valence-corrected chi connectivity index (χ4v) is 1.89. The topological polar surface area (TPSA) is 119 Å². The van der Waals surface area contributed by atoms with Crippen LogP contribution in [0, 0.1) is 0 Å². The van der Waals surface area contributed by atoms with E-state index in [0.717, 1.165) is 0 Å². The van der Waals surface area contributed by atoms with E-state index in [9.17, 15) is 20.1 Å². The SMILES string of the molecule is CCOC(=O)C[C@@H]1N[C@@H](CO)[C@@H](O)[C@H](O)[C@H]1O. The molecule has 1 aliphatic rings. The molecule has 0 bridgehead atoms. The summed E-state index contributed by atoms with van der Waals surface area (Å²) in [6.45, 7) is 1.50. The van der Waals surface area contributed by atoms with Crippen molar-refractivity contribution in [1.82, 2.24) is 5.32 Å². The van der Waals surface area contributed by atoms with Gasteiger partial charge >= 0.3 is 5.97 Å². The second kappa shape index (κ2) is 6.27. The van der Waals surface area contributed by atoms with Gasteiger partial charge in [-0.3, -0.25) is 4.79 Å². The third kappa shape index (κ3) is 3.36. The highest BCUT2D eigenvalue weighted by molar-refractivity contribution is 5.70. The van der Waals surface area contributed by atoms with E-state index in [1.165, 1.54) is 0 Å². The molecule has 0 saturated carbocycles. The Kier molecular flexibility index (Phi) is 5.29. The molecule has 1 heterocycles. The minimum absolute atomic E-state index is 0.130. The van der Waals surface area contributed by atoms with Crippen LogP contribution in [0.3, 0.4) is 0 Å². The third-order valence-electron chi connectivity index (χ3n) is 2.84. The largest absolute Gasteiger partial charge is 0.466 e. The minimum atomic E-state index is -1.40. The van der Waals surface area contributed by atoms with E-state index in [1.54, 1.807) is 6.92 Å². The van der Waals surface area contributed by atoms with Crippen molar-refractivity contribution in [2.45, 2.75) is 43.7 Å². The molecule has 0 radical (unpaired) electrons. The number of hydrogen-bond donors (Lipinski definition) is 5. The van der Waals surface area contributed by atoms with Gasteiger partial charge in [-0.15, -0.1) is 0 Å². The molecule has 0 aliphatic carbocycles. The molecule has 0 aromatic rings. The van der Waals surface area contributed by atoms with Crippen LogP contribution in [0.25, 0.3) is 0 Å². The Labute approximate surface area is 99.0 Å². The second-order valence-electron chi connectivity index (χ2n) is 4.04. The number of nitrogens with one attached hydrogen (secondary N) is 1. The van der Waals surface area contributed by atoms with Gasteiger partial charge in [0.15, 0.2) is 0 Å². The van der Waals surface area contributed by atoms with E-state index in [-0.39, 0.29) is 13.0 Å². The number of aliphatic hydroxyl groups is 4. The lowest BCUT2D eigenvalue weighted by Gasteiger charge is -2.40. The smallest absolute Gasteiger partial charge is 0.307 e. The van der Waals surface area contributed by atoms with Gasteiger partial charge in [0.05, 0.1) is 37.9 Å². The fraction of sp³-hybridized carbons (Fsp3) is 0.900. The molecule has 1 fully saturated rings. The Hall–Kier alpha value is -0.730. The lowest BCUT2D eigenvalue weighted by atomic mass is 9.89. The zero-order valence-electron chi connectivity index (χ0n) is 9.61. The van der Waals surface area contributed by atoms with E-state index in [1.807, 2.05) is 0 Å². The molecular weight excluding hydrogens is 230 g/mol. The Morgan fingerprint density at radius 3 is 2.29 bits per heavy atom. The molecule has 0 amide bonds. The maximum atomic E-state index is 11.3. The van der Waals surface area contributed by atoms with E-state index >= 15 is 0 Å². The average molecular weight is 249 g/mol. The molecule has 1 rings (SSSR count). The van der Waals surface area contributed by atoms with Crippen molar-refractivity contribution in [2.24, 2.45) is 0 Å². The predicted octanol–water partition coefficient (Wildman–Crippen LogP) is -2.64. The molecule has 7 nitrogen and oxygen atoms in total. The van der Waals surface area contributed by atoms with Gasteiger partial charge in [0.2, 0.25) is 0 Å². The minimum Gasteiger partial charge on any atom is -0.466 e. The van der Waals surface area contributed by atoms with Gasteiger partial charge in [0, 0.05) is 6.04 Å². The maximum Gasteiger partial charge on any atom is 0.307 e. The first-order valence-electron chi connectivity index (χ1n) is 5.58. The molecule has 7 heteroatoms. The highest BCUT2D eigenvalue weighted by Gasteiger charge is 2.42. The molecule has 5 N–H and O–H groups in total. The summed E-state index contributed by atoms with van der Waals surface area (Å²) in [6, 6.07) is -1.52. The van der Waals surface area contributed by atoms with E-state index in [2.05, 4.69) is 5.32 Å². The molecular formula is C10H19NO6. The van der Waals surface area contributed by atoms with E-state index in [0.29, 0.717) is 0 Å². The van der Waals surface area contributed by atoms with Gasteiger partial charge in [0.25, 0.3) is 0 Å². The summed E-state index contributed by atoms with van der Waals surface area (Å²) >= 11 is 0. The molecule has 0 spiro atoms. The lowest BCUT2D eigenvalue weighted by molar-refractivity contribution is -0.150. The fourth-order valence-electron chi connectivity index (χ4n) is 1.89. The Morgan fingerprint density at radius 2 is 1.76 bits per heavy atom. The number of rotatable bonds is 4. The zero-order valence-corrected chi connectivity index (χ0v) is 9.61. The van der Waals surface area contributed by atoms with Crippen LogP contribution in [0.2, 0.25) is 0 Å². The number of esters is 1. The van der Waals surface area contributed by atoms with E-state index < -0.39 is 43.0 Å². The number of aliphatic hydroxyl groups excluding tert-OH is 4. The number of piperidine rings is 1. The monoisotopic (exact) mass is 249 g/mol. The lowest BCUT2D eigenvalue weighted by Crippen LogP contribution is -2.66. The summed E-state index contributed by atoms with van der Waals surface area (Å²) in [5, 5.41) is 40.4. The second-order valence-corrected chi connectivity index (χ2v) is 4.04. The van der Waals surface area contributed by atoms with Crippen LogP contribution in [-0.4, -0.2) is 70.0 Å². The standard InChI is InChI=1S/C10H19NO6/c1-2-17-7(13)3-5-8(14)10(16)9(15)6(4-12)11-5/h5-6,8-12,14-16H,2-4H2,1H3/t5-,6-,8-,9+,10+/m0/s1. The van der Waals surface area contributed by atoms with Crippen LogP contribution in [0.1, 0.15) is 13.3 Å². The van der Waals surface area contributed by atoms with Crippen LogP contribution in [-0.2, 0) is 9.53 Å². The van der Waals surface area contributed by atoms with Gasteiger partial charge in [-0.25, -0.2) is 0 Å². The van der Waals surface area contributed by atoms with Gasteiger partial charge < -0.3 is 30.5 Å². The number of hydrogen-bond acceptors (Lipinski definition) is 7. The quantitative estimate of drug-likeness (QED) is 0.345. The summed E-state index contributed by atoms with van der Waals surface area (Å²) < 4.78 is 4.73. The molecule has 0 aromatic carbocycles. The van der Waals surface area contributed by atoms with Crippen LogP contribution in [0.15, 0.2) is 0 Å². The Balaban J connectivity index is 2.62. The number of carbonyl (C=O) groups is 1. The normalized spacial score (nSPS) is 37.8. The molecule has 17 heavy (non-hydrogen) atoms. The molecule has 0 aromatic heterocycles. The van der Waals surface area contributed by atoms with Crippen LogP contribution < -0.4 is 5.32 Å². The molecule has 1 aliphatic heterocycles. The summed E-state index contributed by atoms with van der Waals surface area (Å²) in [5.41, 5.74) is 0. The molecule has 100 valence electrons. The molecule has 1 saturated heterocycles. The van der Waals surface area contributed by atoms with Crippen molar-refractivity contribution in [1.29, 1.82) is 0 Å². The summed E-state index contributed by atoms with van der Waals surface area (Å²) in [5.74, 6) is -0.510. The molecule has 0 unspecified atom stereocenters. The van der Waals surface area contributed by atoms with Gasteiger partial charge in [-0.05, 0) is 6.92 Å². The van der Waals surface area contributed by atoms with Crippen molar-refractivity contribution < 1.29 is 30.0 Å². The van der Waals surface area contributed by atoms with Crippen molar-refractivity contribution in [3.8, 4) is 0 Å². The van der Waals surface area contributed by atoms with Gasteiger partial charge in [-0.2, -0.15) is 0 Å². The van der Waals surface area contributed by atoms with Crippen LogP contribution >= 0.6 is 0 Å². The highest BCUT2D eigenvalue weighted by Crippen LogP contribution is 2.17. The summed E-state index contributed by atoms with van der Waals surface area (Å²) in [4.78, 5) is 11.3. The van der Waals surface area contributed by atoms with E-state index in [4.69, 9.17) is 9.84 Å². The van der Waals surface area contributed by atoms with Crippen LogP contribution in [0.4, 0.5) is 0 Å². The average Bonchev–Trinajstić information content (AvgIpc) is 2.30. The summed E-state index contributed by atoms with van der Waals surface area (Å²) in [7, 11) is 0. The molecule has 5 atom stereocenters. The van der Waals surface area contributed by atoms with Gasteiger partial charge in [-0.1, -0.05) is 0 Å². The Bertz CT molecular complexity index is 259. The van der Waals surface area contributed by atoms with Crippen molar-refractivity contribution >= 4 is 5.97 Å². The predicted molar refractivity (Wildman–Crippen MR) is 57.1 cm³/mol. The van der Waals surface area contributed by atoms with Crippen LogP contribution in [0.5, 0.6) is 0 Å². The highest BCUT2D eigenvalue weighted by atomic mass is 16.5.